The van der Waals surface area contributed by atoms with Crippen molar-refractivity contribution in [1.29, 1.82) is 0 Å². The normalized spacial score (nSPS) is 10.0. The molecule has 2 rings (SSSR count). The molecule has 2 amide bonds. The van der Waals surface area contributed by atoms with Crippen LogP contribution in [-0.2, 0) is 6.42 Å². The Morgan fingerprint density at radius 3 is 2.67 bits per heavy atom. The van der Waals surface area contributed by atoms with Crippen LogP contribution in [0.3, 0.4) is 0 Å². The van der Waals surface area contributed by atoms with E-state index in [9.17, 15) is 4.79 Å². The summed E-state index contributed by atoms with van der Waals surface area (Å²) in [4.78, 5) is 11.7. The van der Waals surface area contributed by atoms with Gasteiger partial charge in [-0.1, -0.05) is 6.07 Å². The summed E-state index contributed by atoms with van der Waals surface area (Å²) in [6, 6.07) is 9.29. The third-order valence-electron chi connectivity index (χ3n) is 2.91. The number of thiophene rings is 1. The van der Waals surface area contributed by atoms with Crippen molar-refractivity contribution < 1.29 is 14.3 Å². The highest BCUT2D eigenvalue weighted by atomic mass is 32.1. The highest BCUT2D eigenvalue weighted by Crippen LogP contribution is 2.27. The van der Waals surface area contributed by atoms with Crippen LogP contribution in [-0.4, -0.2) is 26.8 Å². The number of nitrogens with one attached hydrogen (secondary N) is 2. The largest absolute Gasteiger partial charge is 0.493 e. The maximum Gasteiger partial charge on any atom is 0.319 e. The summed E-state index contributed by atoms with van der Waals surface area (Å²) < 4.78 is 10.4. The second-order valence-corrected chi connectivity index (χ2v) is 5.25. The van der Waals surface area contributed by atoms with Crippen LogP contribution < -0.4 is 20.1 Å². The number of methoxy groups -OCH3 is 2. The minimum Gasteiger partial charge on any atom is -0.493 e. The van der Waals surface area contributed by atoms with Crippen LogP contribution in [0.2, 0.25) is 0 Å². The van der Waals surface area contributed by atoms with Crippen molar-refractivity contribution in [3.63, 3.8) is 0 Å². The van der Waals surface area contributed by atoms with E-state index in [4.69, 9.17) is 9.47 Å². The molecular formula is C15H18N2O3S. The van der Waals surface area contributed by atoms with Crippen LogP contribution in [0.1, 0.15) is 5.56 Å². The molecule has 0 fully saturated rings. The molecule has 0 aliphatic heterocycles. The lowest BCUT2D eigenvalue weighted by molar-refractivity contribution is 0.252. The minimum absolute atomic E-state index is 0.196. The standard InChI is InChI=1S/C15H18N2O3S/c1-19-12-6-5-11(10-13(12)20-2)7-8-16-15(18)17-14-4-3-9-21-14/h3-6,9-10H,7-8H2,1-2H3,(H2,16,17,18). The Morgan fingerprint density at radius 2 is 2.00 bits per heavy atom. The summed E-state index contributed by atoms with van der Waals surface area (Å²) in [5.74, 6) is 1.39. The number of carbonyl (C=O) groups is 1. The molecule has 1 heterocycles. The molecule has 0 saturated carbocycles. The van der Waals surface area contributed by atoms with Crippen molar-refractivity contribution in [2.45, 2.75) is 6.42 Å². The van der Waals surface area contributed by atoms with E-state index >= 15 is 0 Å². The Labute approximate surface area is 127 Å². The minimum atomic E-state index is -0.196. The molecule has 0 aliphatic rings. The van der Waals surface area contributed by atoms with Gasteiger partial charge >= 0.3 is 6.03 Å². The van der Waals surface area contributed by atoms with E-state index < -0.39 is 0 Å². The Hall–Kier alpha value is -2.21. The number of urea groups is 1. The second kappa shape index (κ2) is 7.54. The molecule has 112 valence electrons. The zero-order valence-electron chi connectivity index (χ0n) is 12.0. The van der Waals surface area contributed by atoms with Gasteiger partial charge in [0.2, 0.25) is 0 Å². The van der Waals surface area contributed by atoms with Crippen LogP contribution in [0.4, 0.5) is 9.80 Å². The number of benzene rings is 1. The summed E-state index contributed by atoms with van der Waals surface area (Å²) in [6.07, 6.45) is 0.720. The maximum absolute atomic E-state index is 11.7. The summed E-state index contributed by atoms with van der Waals surface area (Å²) in [7, 11) is 3.21. The van der Waals surface area contributed by atoms with Gasteiger partial charge in [-0.3, -0.25) is 5.32 Å². The van der Waals surface area contributed by atoms with Gasteiger partial charge in [0.1, 0.15) is 0 Å². The lowest BCUT2D eigenvalue weighted by Crippen LogP contribution is -2.30. The van der Waals surface area contributed by atoms with Gasteiger partial charge in [-0.15, -0.1) is 11.3 Å². The van der Waals surface area contributed by atoms with Crippen molar-refractivity contribution >= 4 is 22.4 Å². The van der Waals surface area contributed by atoms with Gasteiger partial charge in [0.05, 0.1) is 19.2 Å². The quantitative estimate of drug-likeness (QED) is 0.862. The van der Waals surface area contributed by atoms with E-state index in [0.717, 1.165) is 17.0 Å². The van der Waals surface area contributed by atoms with Crippen molar-refractivity contribution in [1.82, 2.24) is 5.32 Å². The average molecular weight is 306 g/mol. The van der Waals surface area contributed by atoms with Crippen molar-refractivity contribution in [3.05, 3.63) is 41.3 Å². The number of carbonyl (C=O) groups excluding carboxylic acids is 1. The Morgan fingerprint density at radius 1 is 1.19 bits per heavy atom. The van der Waals surface area contributed by atoms with E-state index in [1.165, 1.54) is 11.3 Å². The molecule has 21 heavy (non-hydrogen) atoms. The zero-order chi connectivity index (χ0) is 15.1. The second-order valence-electron chi connectivity index (χ2n) is 4.30. The van der Waals surface area contributed by atoms with Gasteiger partial charge in [-0.05, 0) is 41.6 Å². The van der Waals surface area contributed by atoms with E-state index in [0.29, 0.717) is 18.0 Å². The van der Waals surface area contributed by atoms with E-state index in [-0.39, 0.29) is 6.03 Å². The first kappa shape index (κ1) is 15.2. The fraction of sp³-hybridized carbons (Fsp3) is 0.267. The number of ether oxygens (including phenoxy) is 2. The smallest absolute Gasteiger partial charge is 0.319 e. The molecule has 0 spiro atoms. The van der Waals surface area contributed by atoms with E-state index in [2.05, 4.69) is 10.6 Å². The first-order chi connectivity index (χ1) is 10.2. The zero-order valence-corrected chi connectivity index (χ0v) is 12.8. The van der Waals surface area contributed by atoms with Gasteiger partial charge in [-0.2, -0.15) is 0 Å². The predicted molar refractivity (Wildman–Crippen MR) is 84.6 cm³/mol. The van der Waals surface area contributed by atoms with Crippen molar-refractivity contribution in [3.8, 4) is 11.5 Å². The average Bonchev–Trinajstić information content (AvgIpc) is 2.99. The van der Waals surface area contributed by atoms with E-state index in [1.54, 1.807) is 14.2 Å². The Balaban J connectivity index is 1.81. The molecular weight excluding hydrogens is 288 g/mol. The molecule has 0 radical (unpaired) electrons. The molecule has 0 saturated heterocycles. The summed E-state index contributed by atoms with van der Waals surface area (Å²) >= 11 is 1.49. The molecule has 5 nitrogen and oxygen atoms in total. The van der Waals surface area contributed by atoms with Gasteiger partial charge in [0.15, 0.2) is 11.5 Å². The van der Waals surface area contributed by atoms with Gasteiger partial charge < -0.3 is 14.8 Å². The highest BCUT2D eigenvalue weighted by molar-refractivity contribution is 7.14. The van der Waals surface area contributed by atoms with Crippen molar-refractivity contribution in [2.24, 2.45) is 0 Å². The molecule has 1 aromatic carbocycles. The van der Waals surface area contributed by atoms with Crippen LogP contribution >= 0.6 is 11.3 Å². The first-order valence-electron chi connectivity index (χ1n) is 6.52. The highest BCUT2D eigenvalue weighted by Gasteiger charge is 2.05. The number of hydrogen-bond donors (Lipinski definition) is 2. The van der Waals surface area contributed by atoms with Crippen LogP contribution in [0.25, 0.3) is 0 Å². The SMILES string of the molecule is COc1ccc(CCNC(=O)Nc2cccs2)cc1OC. The third kappa shape index (κ3) is 4.39. The first-order valence-corrected chi connectivity index (χ1v) is 7.40. The number of rotatable bonds is 6. The van der Waals surface area contributed by atoms with E-state index in [1.807, 2.05) is 35.7 Å². The van der Waals surface area contributed by atoms with Crippen LogP contribution in [0.15, 0.2) is 35.7 Å². The Kier molecular flexibility index (Phi) is 5.45. The molecule has 2 N–H and O–H groups in total. The van der Waals surface area contributed by atoms with Gasteiger partial charge in [0.25, 0.3) is 0 Å². The van der Waals surface area contributed by atoms with Crippen LogP contribution in [0.5, 0.6) is 11.5 Å². The number of hydrogen-bond acceptors (Lipinski definition) is 4. The van der Waals surface area contributed by atoms with Crippen molar-refractivity contribution in [2.75, 3.05) is 26.1 Å². The predicted octanol–water partition coefficient (Wildman–Crippen LogP) is 3.13. The van der Waals surface area contributed by atoms with Gasteiger partial charge in [-0.25, -0.2) is 4.79 Å². The fourth-order valence-corrected chi connectivity index (χ4v) is 2.47. The number of amides is 2. The lowest BCUT2D eigenvalue weighted by Gasteiger charge is -2.10. The Bertz CT molecular complexity index is 585. The monoisotopic (exact) mass is 306 g/mol. The molecule has 2 aromatic rings. The molecule has 0 aliphatic carbocycles. The third-order valence-corrected chi connectivity index (χ3v) is 3.69. The van der Waals surface area contributed by atoms with Gasteiger partial charge in [0, 0.05) is 6.54 Å². The molecule has 6 heteroatoms. The maximum atomic E-state index is 11.7. The molecule has 0 atom stereocenters. The molecule has 1 aromatic heterocycles. The summed E-state index contributed by atoms with van der Waals surface area (Å²) in [5.41, 5.74) is 1.07. The molecule has 0 unspecified atom stereocenters. The summed E-state index contributed by atoms with van der Waals surface area (Å²) in [5, 5.41) is 8.34. The molecule has 0 bridgehead atoms. The number of anilines is 1. The topological polar surface area (TPSA) is 59.6 Å². The summed E-state index contributed by atoms with van der Waals surface area (Å²) in [6.45, 7) is 0.548. The lowest BCUT2D eigenvalue weighted by atomic mass is 10.1. The van der Waals surface area contributed by atoms with Crippen LogP contribution in [0, 0.1) is 0 Å². The fourth-order valence-electron chi connectivity index (χ4n) is 1.86.